The topological polar surface area (TPSA) is 75.9 Å². The number of piperazine rings is 1. The molecule has 3 rings (SSSR count). The quantitative estimate of drug-likeness (QED) is 0.833. The van der Waals surface area contributed by atoms with E-state index in [1.54, 1.807) is 6.92 Å². The fourth-order valence-electron chi connectivity index (χ4n) is 3.25. The lowest BCUT2D eigenvalue weighted by Crippen LogP contribution is -2.47. The lowest BCUT2D eigenvalue weighted by molar-refractivity contribution is -0.130. The van der Waals surface area contributed by atoms with Crippen LogP contribution in [0.1, 0.15) is 22.2 Å². The molecular weight excluding hydrogens is 350 g/mol. The molecule has 7 heteroatoms. The van der Waals surface area contributed by atoms with Crippen LogP contribution in [0.4, 0.5) is 5.00 Å². The molecular formula is C19H23N3O3S. The Kier molecular flexibility index (Phi) is 5.58. The van der Waals surface area contributed by atoms with Gasteiger partial charge in [-0.1, -0.05) is 30.3 Å². The van der Waals surface area contributed by atoms with Gasteiger partial charge in [-0.05, 0) is 5.56 Å². The summed E-state index contributed by atoms with van der Waals surface area (Å²) >= 11 is 1.44. The molecule has 1 aromatic carbocycles. The molecule has 2 N–H and O–H groups in total. The maximum atomic E-state index is 12.3. The number of carbonyl (C=O) groups excluding carboxylic acids is 2. The summed E-state index contributed by atoms with van der Waals surface area (Å²) in [5.41, 5.74) is 8.43. The highest BCUT2D eigenvalue weighted by molar-refractivity contribution is 7.17. The van der Waals surface area contributed by atoms with Crippen LogP contribution in [0.3, 0.4) is 0 Å². The van der Waals surface area contributed by atoms with Gasteiger partial charge in [0, 0.05) is 50.1 Å². The van der Waals surface area contributed by atoms with Gasteiger partial charge in [-0.2, -0.15) is 0 Å². The number of hydrogen-bond acceptors (Lipinski definition) is 6. The average Bonchev–Trinajstić information content (AvgIpc) is 2.98. The minimum Gasteiger partial charge on any atom is -0.465 e. The lowest BCUT2D eigenvalue weighted by Gasteiger charge is -2.34. The van der Waals surface area contributed by atoms with E-state index in [9.17, 15) is 9.59 Å². The molecule has 138 valence electrons. The van der Waals surface area contributed by atoms with Crippen molar-refractivity contribution in [3.05, 3.63) is 40.8 Å². The van der Waals surface area contributed by atoms with E-state index in [4.69, 9.17) is 10.5 Å². The second kappa shape index (κ2) is 7.88. The monoisotopic (exact) mass is 373 g/mol. The van der Waals surface area contributed by atoms with Crippen LogP contribution >= 0.6 is 11.3 Å². The van der Waals surface area contributed by atoms with Gasteiger partial charge in [-0.3, -0.25) is 9.69 Å². The number of ether oxygens (including phenoxy) is 1. The van der Waals surface area contributed by atoms with Crippen LogP contribution < -0.4 is 5.73 Å². The second-order valence-electron chi connectivity index (χ2n) is 6.28. The van der Waals surface area contributed by atoms with Gasteiger partial charge in [0.05, 0.1) is 7.11 Å². The normalized spacial score (nSPS) is 15.1. The molecule has 0 saturated carbocycles. The average molecular weight is 373 g/mol. The minimum absolute atomic E-state index is 0.114. The number of hydrogen-bond donors (Lipinski definition) is 1. The molecule has 1 aromatic heterocycles. The van der Waals surface area contributed by atoms with Crippen molar-refractivity contribution in [1.29, 1.82) is 0 Å². The van der Waals surface area contributed by atoms with Gasteiger partial charge in [0.1, 0.15) is 10.6 Å². The molecule has 2 aromatic rings. The Bertz CT molecular complexity index is 796. The molecule has 0 bridgehead atoms. The third-order valence-corrected chi connectivity index (χ3v) is 5.65. The SMILES string of the molecule is COC(=O)c1c(N)sc(CN2CCN(C(C)=O)CC2)c1-c1ccccc1. The molecule has 1 aliphatic rings. The van der Waals surface area contributed by atoms with Crippen LogP contribution in [-0.2, 0) is 16.1 Å². The molecule has 0 radical (unpaired) electrons. The number of methoxy groups -OCH3 is 1. The van der Waals surface area contributed by atoms with Crippen molar-refractivity contribution in [2.75, 3.05) is 39.0 Å². The summed E-state index contributed by atoms with van der Waals surface area (Å²) in [7, 11) is 1.37. The van der Waals surface area contributed by atoms with Crippen molar-refractivity contribution < 1.29 is 14.3 Å². The van der Waals surface area contributed by atoms with E-state index in [2.05, 4.69) is 4.90 Å². The number of carbonyl (C=O) groups is 2. The molecule has 2 heterocycles. The van der Waals surface area contributed by atoms with Crippen LogP contribution in [0.15, 0.2) is 30.3 Å². The summed E-state index contributed by atoms with van der Waals surface area (Å²) in [5, 5.41) is 0.480. The van der Waals surface area contributed by atoms with Crippen molar-refractivity contribution in [2.45, 2.75) is 13.5 Å². The van der Waals surface area contributed by atoms with Crippen molar-refractivity contribution in [1.82, 2.24) is 9.80 Å². The van der Waals surface area contributed by atoms with Crippen LogP contribution in [-0.4, -0.2) is 55.0 Å². The number of nitrogens with two attached hydrogens (primary N) is 1. The van der Waals surface area contributed by atoms with Crippen LogP contribution in [0, 0.1) is 0 Å². The Balaban J connectivity index is 1.90. The largest absolute Gasteiger partial charge is 0.465 e. The number of thiophene rings is 1. The molecule has 0 aliphatic carbocycles. The smallest absolute Gasteiger partial charge is 0.341 e. The van der Waals surface area contributed by atoms with E-state index in [-0.39, 0.29) is 5.91 Å². The first-order chi connectivity index (χ1) is 12.5. The number of rotatable bonds is 4. The summed E-state index contributed by atoms with van der Waals surface area (Å²) in [4.78, 5) is 29.0. The highest BCUT2D eigenvalue weighted by Gasteiger charge is 2.26. The maximum Gasteiger partial charge on any atom is 0.341 e. The fourth-order valence-corrected chi connectivity index (χ4v) is 4.37. The minimum atomic E-state index is -0.412. The van der Waals surface area contributed by atoms with Crippen LogP contribution in [0.25, 0.3) is 11.1 Å². The van der Waals surface area contributed by atoms with Gasteiger partial charge < -0.3 is 15.4 Å². The molecule has 6 nitrogen and oxygen atoms in total. The van der Waals surface area contributed by atoms with Gasteiger partial charge in [-0.15, -0.1) is 11.3 Å². The number of nitrogens with zero attached hydrogens (tertiary/aromatic N) is 2. The highest BCUT2D eigenvalue weighted by atomic mass is 32.1. The van der Waals surface area contributed by atoms with Crippen LogP contribution in [0.2, 0.25) is 0 Å². The third-order valence-electron chi connectivity index (χ3n) is 4.65. The van der Waals surface area contributed by atoms with Crippen molar-refractivity contribution in [2.24, 2.45) is 0 Å². The molecule has 0 spiro atoms. The number of anilines is 1. The zero-order valence-corrected chi connectivity index (χ0v) is 15.8. The molecule has 26 heavy (non-hydrogen) atoms. The molecule has 1 fully saturated rings. The van der Waals surface area contributed by atoms with E-state index in [1.807, 2.05) is 35.2 Å². The standard InChI is InChI=1S/C19H23N3O3S/c1-13(23)22-10-8-21(9-11-22)12-15-16(14-6-4-3-5-7-14)17(18(20)26-15)19(24)25-2/h3-7H,8-12,20H2,1-2H3. The second-order valence-corrected chi connectivity index (χ2v) is 7.42. The number of amides is 1. The molecule has 1 amide bonds. The first kappa shape index (κ1) is 18.4. The van der Waals surface area contributed by atoms with E-state index >= 15 is 0 Å². The first-order valence-corrected chi connectivity index (χ1v) is 9.35. The summed E-state index contributed by atoms with van der Waals surface area (Å²) in [5.74, 6) is -0.298. The van der Waals surface area contributed by atoms with E-state index in [0.717, 1.165) is 42.2 Å². The number of esters is 1. The molecule has 1 aliphatic heterocycles. The number of benzene rings is 1. The zero-order valence-electron chi connectivity index (χ0n) is 15.0. The Morgan fingerprint density at radius 3 is 2.38 bits per heavy atom. The van der Waals surface area contributed by atoms with Crippen molar-refractivity contribution in [3.8, 4) is 11.1 Å². The predicted molar refractivity (Wildman–Crippen MR) is 103 cm³/mol. The molecule has 0 unspecified atom stereocenters. The zero-order chi connectivity index (χ0) is 18.7. The van der Waals surface area contributed by atoms with E-state index in [1.165, 1.54) is 18.4 Å². The van der Waals surface area contributed by atoms with Gasteiger partial charge in [-0.25, -0.2) is 4.79 Å². The van der Waals surface area contributed by atoms with Crippen LogP contribution in [0.5, 0.6) is 0 Å². The van der Waals surface area contributed by atoms with Gasteiger partial charge >= 0.3 is 5.97 Å². The number of nitrogen functional groups attached to an aromatic ring is 1. The summed E-state index contributed by atoms with van der Waals surface area (Å²) in [6, 6.07) is 9.78. The summed E-state index contributed by atoms with van der Waals surface area (Å²) in [6.45, 7) is 5.35. The highest BCUT2D eigenvalue weighted by Crippen LogP contribution is 2.39. The van der Waals surface area contributed by atoms with Crippen molar-refractivity contribution >= 4 is 28.2 Å². The lowest BCUT2D eigenvalue weighted by atomic mass is 10.0. The van der Waals surface area contributed by atoms with E-state index < -0.39 is 5.97 Å². The third kappa shape index (κ3) is 3.73. The Morgan fingerprint density at radius 2 is 1.81 bits per heavy atom. The Hall–Kier alpha value is -2.38. The van der Waals surface area contributed by atoms with E-state index in [0.29, 0.717) is 17.1 Å². The predicted octanol–water partition coefficient (Wildman–Crippen LogP) is 2.45. The first-order valence-electron chi connectivity index (χ1n) is 8.54. The van der Waals surface area contributed by atoms with Gasteiger partial charge in [0.25, 0.3) is 0 Å². The fraction of sp³-hybridized carbons (Fsp3) is 0.368. The maximum absolute atomic E-state index is 12.3. The van der Waals surface area contributed by atoms with Gasteiger partial charge in [0.15, 0.2) is 0 Å². The molecule has 1 saturated heterocycles. The van der Waals surface area contributed by atoms with Crippen molar-refractivity contribution in [3.63, 3.8) is 0 Å². The Labute approximate surface area is 157 Å². The molecule has 0 atom stereocenters. The summed E-state index contributed by atoms with van der Waals surface area (Å²) in [6.07, 6.45) is 0. The van der Waals surface area contributed by atoms with Gasteiger partial charge in [0.2, 0.25) is 5.91 Å². The summed E-state index contributed by atoms with van der Waals surface area (Å²) < 4.78 is 4.95. The Morgan fingerprint density at radius 1 is 1.15 bits per heavy atom.